The number of hydrogen-bond donors (Lipinski definition) is 1. The quantitative estimate of drug-likeness (QED) is 0.479. The summed E-state index contributed by atoms with van der Waals surface area (Å²) >= 11 is 9.19. The van der Waals surface area contributed by atoms with E-state index < -0.39 is 0 Å². The molecule has 1 N–H and O–H groups in total. The molecule has 6 heteroatoms. The van der Waals surface area contributed by atoms with Crippen molar-refractivity contribution in [3.05, 3.63) is 75.7 Å². The SMILES string of the molecule is O=C(COc1ccc(Cl)cc1Br)N/N=C/c1ccc2ccccc2c1. The first kappa shape index (κ1) is 17.5. The van der Waals surface area contributed by atoms with Gasteiger partial charge < -0.3 is 4.74 Å². The molecule has 0 aliphatic rings. The van der Waals surface area contributed by atoms with Crippen molar-refractivity contribution < 1.29 is 9.53 Å². The third kappa shape index (κ3) is 4.81. The topological polar surface area (TPSA) is 50.7 Å². The zero-order valence-electron chi connectivity index (χ0n) is 13.1. The van der Waals surface area contributed by atoms with Crippen LogP contribution < -0.4 is 10.2 Å². The molecule has 1 amide bonds. The lowest BCUT2D eigenvalue weighted by atomic mass is 10.1. The highest BCUT2D eigenvalue weighted by Crippen LogP contribution is 2.27. The summed E-state index contributed by atoms with van der Waals surface area (Å²) in [6.45, 7) is -0.144. The van der Waals surface area contributed by atoms with Gasteiger partial charge >= 0.3 is 0 Å². The van der Waals surface area contributed by atoms with Gasteiger partial charge in [0.15, 0.2) is 6.61 Å². The average Bonchev–Trinajstić information content (AvgIpc) is 2.61. The second kappa shape index (κ2) is 8.14. The van der Waals surface area contributed by atoms with E-state index in [1.54, 1.807) is 24.4 Å². The molecule has 0 heterocycles. The molecule has 0 radical (unpaired) electrons. The first-order valence-electron chi connectivity index (χ1n) is 7.50. The summed E-state index contributed by atoms with van der Waals surface area (Å²) in [5.41, 5.74) is 3.35. The Morgan fingerprint density at radius 3 is 2.72 bits per heavy atom. The number of benzene rings is 3. The molecule has 0 saturated heterocycles. The van der Waals surface area contributed by atoms with Gasteiger partial charge in [0.1, 0.15) is 5.75 Å². The lowest BCUT2D eigenvalue weighted by molar-refractivity contribution is -0.123. The summed E-state index contributed by atoms with van der Waals surface area (Å²) in [5, 5.41) is 6.82. The predicted molar refractivity (Wildman–Crippen MR) is 104 cm³/mol. The Hall–Kier alpha value is -2.37. The van der Waals surface area contributed by atoms with Crippen LogP contribution in [0.15, 0.2) is 70.2 Å². The Morgan fingerprint density at radius 2 is 1.92 bits per heavy atom. The molecule has 0 aromatic heterocycles. The first-order chi connectivity index (χ1) is 12.1. The van der Waals surface area contributed by atoms with Crippen molar-refractivity contribution in [1.82, 2.24) is 5.43 Å². The van der Waals surface area contributed by atoms with Gasteiger partial charge in [0.25, 0.3) is 5.91 Å². The van der Waals surface area contributed by atoms with Gasteiger partial charge in [-0.25, -0.2) is 5.43 Å². The van der Waals surface area contributed by atoms with Gasteiger partial charge in [-0.15, -0.1) is 0 Å². The Balaban J connectivity index is 1.54. The maximum absolute atomic E-state index is 11.8. The largest absolute Gasteiger partial charge is 0.483 e. The van der Waals surface area contributed by atoms with Crippen LogP contribution in [0, 0.1) is 0 Å². The third-order valence-electron chi connectivity index (χ3n) is 3.43. The fourth-order valence-corrected chi connectivity index (χ4v) is 3.03. The minimum Gasteiger partial charge on any atom is -0.483 e. The van der Waals surface area contributed by atoms with Crippen LogP contribution in [0.25, 0.3) is 10.8 Å². The predicted octanol–water partition coefficient (Wildman–Crippen LogP) is 4.78. The smallest absolute Gasteiger partial charge is 0.277 e. The van der Waals surface area contributed by atoms with Crippen molar-refractivity contribution in [3.63, 3.8) is 0 Å². The van der Waals surface area contributed by atoms with Crippen LogP contribution in [0.2, 0.25) is 5.02 Å². The molecular weight excluding hydrogens is 404 g/mol. The summed E-state index contributed by atoms with van der Waals surface area (Å²) in [6.07, 6.45) is 1.60. The van der Waals surface area contributed by atoms with E-state index in [0.29, 0.717) is 15.2 Å². The number of nitrogens with zero attached hydrogens (tertiary/aromatic N) is 1. The number of nitrogens with one attached hydrogen (secondary N) is 1. The van der Waals surface area contributed by atoms with E-state index in [1.165, 1.54) is 0 Å². The van der Waals surface area contributed by atoms with Gasteiger partial charge in [0.2, 0.25) is 0 Å². The van der Waals surface area contributed by atoms with Crippen molar-refractivity contribution in [2.75, 3.05) is 6.61 Å². The molecule has 126 valence electrons. The molecule has 0 atom stereocenters. The van der Waals surface area contributed by atoms with Crippen LogP contribution >= 0.6 is 27.5 Å². The lowest BCUT2D eigenvalue weighted by Gasteiger charge is -2.07. The van der Waals surface area contributed by atoms with E-state index >= 15 is 0 Å². The van der Waals surface area contributed by atoms with Crippen molar-refractivity contribution in [2.24, 2.45) is 5.10 Å². The molecule has 0 unspecified atom stereocenters. The maximum Gasteiger partial charge on any atom is 0.277 e. The zero-order valence-corrected chi connectivity index (χ0v) is 15.4. The Kier molecular flexibility index (Phi) is 5.68. The van der Waals surface area contributed by atoms with Gasteiger partial charge in [-0.3, -0.25) is 4.79 Å². The summed E-state index contributed by atoms with van der Waals surface area (Å²) in [4.78, 5) is 11.8. The molecule has 0 spiro atoms. The Morgan fingerprint density at radius 1 is 1.12 bits per heavy atom. The lowest BCUT2D eigenvalue weighted by Crippen LogP contribution is -2.24. The van der Waals surface area contributed by atoms with Crippen LogP contribution in [-0.2, 0) is 4.79 Å². The molecular formula is C19H14BrClN2O2. The molecule has 0 aliphatic carbocycles. The van der Waals surface area contributed by atoms with Gasteiger partial charge in [0, 0.05) is 5.02 Å². The molecule has 3 rings (SSSR count). The third-order valence-corrected chi connectivity index (χ3v) is 4.28. The molecule has 4 nitrogen and oxygen atoms in total. The van der Waals surface area contributed by atoms with Gasteiger partial charge in [0.05, 0.1) is 10.7 Å². The van der Waals surface area contributed by atoms with Crippen LogP contribution in [0.3, 0.4) is 0 Å². The van der Waals surface area contributed by atoms with E-state index in [9.17, 15) is 4.79 Å². The molecule has 3 aromatic rings. The van der Waals surface area contributed by atoms with Crippen LogP contribution in [-0.4, -0.2) is 18.7 Å². The first-order valence-corrected chi connectivity index (χ1v) is 8.67. The second-order valence-electron chi connectivity index (χ2n) is 5.26. The molecule has 25 heavy (non-hydrogen) atoms. The van der Waals surface area contributed by atoms with Crippen molar-refractivity contribution in [2.45, 2.75) is 0 Å². The molecule has 0 bridgehead atoms. The fraction of sp³-hybridized carbons (Fsp3) is 0.0526. The van der Waals surface area contributed by atoms with Crippen molar-refractivity contribution in [1.29, 1.82) is 0 Å². The summed E-state index contributed by atoms with van der Waals surface area (Å²) in [5.74, 6) is 0.192. The number of carbonyl (C=O) groups is 1. The van der Waals surface area contributed by atoms with Gasteiger partial charge in [-0.1, -0.05) is 48.0 Å². The minimum absolute atomic E-state index is 0.144. The van der Waals surface area contributed by atoms with E-state index in [4.69, 9.17) is 16.3 Å². The Labute approximate surface area is 158 Å². The van der Waals surface area contributed by atoms with Gasteiger partial charge in [-0.05, 0) is 56.5 Å². The number of rotatable bonds is 5. The summed E-state index contributed by atoms with van der Waals surface area (Å²) in [7, 11) is 0. The molecule has 0 fully saturated rings. The van der Waals surface area contributed by atoms with E-state index in [2.05, 4.69) is 26.5 Å². The number of fused-ring (bicyclic) bond motifs is 1. The monoisotopic (exact) mass is 416 g/mol. The summed E-state index contributed by atoms with van der Waals surface area (Å²) < 4.78 is 6.11. The van der Waals surface area contributed by atoms with E-state index in [0.717, 1.165) is 16.3 Å². The minimum atomic E-state index is -0.348. The van der Waals surface area contributed by atoms with Gasteiger partial charge in [-0.2, -0.15) is 5.10 Å². The fourth-order valence-electron chi connectivity index (χ4n) is 2.23. The number of halogens is 2. The highest BCUT2D eigenvalue weighted by molar-refractivity contribution is 9.10. The molecule has 0 saturated carbocycles. The number of hydrazone groups is 1. The number of ether oxygens (including phenoxy) is 1. The molecule has 0 aliphatic heterocycles. The standard InChI is InChI=1S/C19H14BrClN2O2/c20-17-10-16(21)7-8-18(17)25-12-19(24)23-22-11-13-5-6-14-3-1-2-4-15(14)9-13/h1-11H,12H2,(H,23,24)/b22-11+. The summed E-state index contributed by atoms with van der Waals surface area (Å²) in [6, 6.07) is 19.1. The van der Waals surface area contributed by atoms with Crippen molar-refractivity contribution in [3.8, 4) is 5.75 Å². The normalized spacial score (nSPS) is 11.0. The van der Waals surface area contributed by atoms with Crippen LogP contribution in [0.5, 0.6) is 5.75 Å². The zero-order chi connectivity index (χ0) is 17.6. The van der Waals surface area contributed by atoms with E-state index in [1.807, 2.05) is 42.5 Å². The number of carbonyl (C=O) groups excluding carboxylic acids is 1. The second-order valence-corrected chi connectivity index (χ2v) is 6.55. The Bertz CT molecular complexity index is 944. The number of amides is 1. The molecule has 3 aromatic carbocycles. The average molecular weight is 418 g/mol. The number of hydrogen-bond acceptors (Lipinski definition) is 3. The van der Waals surface area contributed by atoms with E-state index in [-0.39, 0.29) is 12.5 Å². The van der Waals surface area contributed by atoms with Crippen LogP contribution in [0.1, 0.15) is 5.56 Å². The highest BCUT2D eigenvalue weighted by atomic mass is 79.9. The van der Waals surface area contributed by atoms with Crippen LogP contribution in [0.4, 0.5) is 0 Å². The van der Waals surface area contributed by atoms with Crippen molar-refractivity contribution >= 4 is 50.4 Å². The maximum atomic E-state index is 11.8. The highest BCUT2D eigenvalue weighted by Gasteiger charge is 2.05.